The third-order valence-corrected chi connectivity index (χ3v) is 12.2. The highest BCUT2D eigenvalue weighted by Crippen LogP contribution is 2.27. The van der Waals surface area contributed by atoms with Gasteiger partial charge in [-0.2, -0.15) is 0 Å². The van der Waals surface area contributed by atoms with E-state index >= 15 is 0 Å². The van der Waals surface area contributed by atoms with E-state index in [0.29, 0.717) is 38.9 Å². The molecule has 3 aromatic carbocycles. The minimum atomic E-state index is -1.31. The number of hydrogen-bond acceptors (Lipinski definition) is 9. The van der Waals surface area contributed by atoms with Gasteiger partial charge in [0.15, 0.2) is 0 Å². The number of piperidine rings is 1. The first kappa shape index (κ1) is 44.5. The molecular weight excluding hydrogens is 795 g/mol. The van der Waals surface area contributed by atoms with Crippen LogP contribution in [0.2, 0.25) is 0 Å². The van der Waals surface area contributed by atoms with Gasteiger partial charge in [0.25, 0.3) is 0 Å². The lowest BCUT2D eigenvalue weighted by molar-refractivity contribution is -0.136. The molecule has 1 fully saturated rings. The number of rotatable bonds is 20. The summed E-state index contributed by atoms with van der Waals surface area (Å²) < 4.78 is 1.00. The zero-order chi connectivity index (χ0) is 43.4. The fourth-order valence-electron chi connectivity index (χ4n) is 7.84. The van der Waals surface area contributed by atoms with Crippen LogP contribution < -0.4 is 43.4 Å². The third kappa shape index (κ3) is 11.6. The molecule has 4 atom stereocenters. The summed E-state index contributed by atoms with van der Waals surface area (Å²) in [6.45, 7) is 2.68. The number of fused-ring (bicyclic) bond motifs is 2. The van der Waals surface area contributed by atoms with Gasteiger partial charge in [-0.3, -0.25) is 28.8 Å². The van der Waals surface area contributed by atoms with Gasteiger partial charge < -0.3 is 48.4 Å². The molecule has 5 aromatic rings. The Morgan fingerprint density at radius 2 is 1.28 bits per heavy atom. The van der Waals surface area contributed by atoms with Crippen LogP contribution in [0.25, 0.3) is 21.0 Å². The largest absolute Gasteiger partial charge is 0.368 e. The van der Waals surface area contributed by atoms with Crippen molar-refractivity contribution < 1.29 is 28.8 Å². The smallest absolute Gasteiger partial charge is 0.243 e. The van der Waals surface area contributed by atoms with Crippen molar-refractivity contribution in [2.24, 2.45) is 11.5 Å². The number of hydrogen-bond donors (Lipinski definition) is 9. The van der Waals surface area contributed by atoms with Crippen molar-refractivity contribution in [3.05, 3.63) is 107 Å². The summed E-state index contributed by atoms with van der Waals surface area (Å²) in [4.78, 5) is 85.8. The number of carbonyl (C=O) groups excluding carboxylic acids is 6. The average molecular weight is 850 g/mol. The van der Waals surface area contributed by atoms with Crippen molar-refractivity contribution in [1.29, 1.82) is 0 Å². The van der Waals surface area contributed by atoms with Gasteiger partial charge in [-0.05, 0) is 91.3 Å². The van der Waals surface area contributed by atoms with Crippen LogP contribution in [0.4, 0.5) is 0 Å². The number of primary amides is 1. The second-order valence-electron chi connectivity index (χ2n) is 15.6. The summed E-state index contributed by atoms with van der Waals surface area (Å²) in [6.07, 6.45) is 4.04. The lowest BCUT2D eigenvalue weighted by Crippen LogP contribution is -2.65. The lowest BCUT2D eigenvalue weighted by Gasteiger charge is -2.36. The van der Waals surface area contributed by atoms with E-state index in [4.69, 9.17) is 11.5 Å². The highest BCUT2D eigenvalue weighted by molar-refractivity contribution is 7.17. The summed E-state index contributed by atoms with van der Waals surface area (Å²) in [5, 5.41) is 21.2. The first-order valence-electron chi connectivity index (χ1n) is 20.7. The van der Waals surface area contributed by atoms with Crippen LogP contribution in [0.3, 0.4) is 0 Å². The number of nitrogens with two attached hydrogens (primary N) is 2. The molecule has 2 aromatic heterocycles. The molecule has 0 saturated carbocycles. The van der Waals surface area contributed by atoms with E-state index in [-0.39, 0.29) is 32.1 Å². The SMILES string of the molecule is CC(=O)N[C@@H](CCCCN)C(=O)N[C@H](Cc1csc2ccccc12)C(=O)N[C@H](Cc1c[nH]c2ccccc12)C(=O)N[C@@H](Cc1ccccc1)C(=O)NC1(C(N)=O)CCNCC1. The van der Waals surface area contributed by atoms with E-state index in [1.54, 1.807) is 6.20 Å². The number of amides is 6. The lowest BCUT2D eigenvalue weighted by atomic mass is 9.87. The van der Waals surface area contributed by atoms with E-state index < -0.39 is 65.1 Å². The number of carbonyl (C=O) groups is 6. The fourth-order valence-corrected chi connectivity index (χ4v) is 8.82. The van der Waals surface area contributed by atoms with Crippen molar-refractivity contribution >= 4 is 67.8 Å². The molecule has 1 aliphatic rings. The molecule has 6 amide bonds. The van der Waals surface area contributed by atoms with Crippen LogP contribution in [0, 0.1) is 0 Å². The maximum atomic E-state index is 14.7. The van der Waals surface area contributed by atoms with Gasteiger partial charge in [0, 0.05) is 48.0 Å². The van der Waals surface area contributed by atoms with Crippen LogP contribution >= 0.6 is 11.3 Å². The van der Waals surface area contributed by atoms with Crippen molar-refractivity contribution in [2.45, 2.75) is 88.0 Å². The summed E-state index contributed by atoms with van der Waals surface area (Å²) >= 11 is 1.51. The monoisotopic (exact) mass is 849 g/mol. The summed E-state index contributed by atoms with van der Waals surface area (Å²) in [5.74, 6) is -3.50. The van der Waals surface area contributed by atoms with Gasteiger partial charge in [0.05, 0.1) is 0 Å². The molecule has 1 aliphatic heterocycles. The number of aromatic nitrogens is 1. The fraction of sp³-hybridized carbons (Fsp3) is 0.378. The molecule has 6 rings (SSSR count). The van der Waals surface area contributed by atoms with Crippen LogP contribution in [-0.2, 0) is 48.0 Å². The normalized spacial score (nSPS) is 15.5. The molecule has 15 nitrogen and oxygen atoms in total. The summed E-state index contributed by atoms with van der Waals surface area (Å²) in [5.41, 5.74) is 13.4. The second-order valence-corrected chi connectivity index (χ2v) is 16.5. The minimum absolute atomic E-state index is 0.0216. The molecule has 61 heavy (non-hydrogen) atoms. The Bertz CT molecular complexity index is 2320. The van der Waals surface area contributed by atoms with Crippen molar-refractivity contribution in [3.63, 3.8) is 0 Å². The number of H-pyrrole nitrogens is 1. The number of nitrogens with one attached hydrogen (secondary N) is 7. The molecule has 0 bridgehead atoms. The van der Waals surface area contributed by atoms with Gasteiger partial charge in [-0.15, -0.1) is 11.3 Å². The molecule has 11 N–H and O–H groups in total. The Labute approximate surface area is 358 Å². The van der Waals surface area contributed by atoms with E-state index in [1.165, 1.54) is 18.3 Å². The highest BCUT2D eigenvalue weighted by atomic mass is 32.1. The second kappa shape index (κ2) is 20.9. The summed E-state index contributed by atoms with van der Waals surface area (Å²) in [7, 11) is 0. The Balaban J connectivity index is 1.32. The molecule has 0 radical (unpaired) electrons. The van der Waals surface area contributed by atoms with Crippen molar-refractivity contribution in [3.8, 4) is 0 Å². The molecule has 1 saturated heterocycles. The van der Waals surface area contributed by atoms with Crippen LogP contribution in [0.5, 0.6) is 0 Å². The Hall–Kier alpha value is -6.10. The number of thiophene rings is 1. The predicted molar refractivity (Wildman–Crippen MR) is 236 cm³/mol. The summed E-state index contributed by atoms with van der Waals surface area (Å²) in [6, 6.07) is 20.0. The number of para-hydroxylation sites is 1. The van der Waals surface area contributed by atoms with Crippen LogP contribution in [0.1, 0.15) is 55.7 Å². The molecule has 0 spiro atoms. The van der Waals surface area contributed by atoms with Gasteiger partial charge in [-0.1, -0.05) is 66.7 Å². The molecular formula is C45H55N9O6S. The standard InChI is InChI=1S/C45H55N9O6S/c1-28(55)50-35(16-9-10-20-46)40(56)52-38(25-31-27-61-39-17-8-6-14-33(31)39)42(58)53-37(24-30-26-49-34-15-7-5-13-32(30)34)41(57)51-36(23-29-11-3-2-4-12-29)43(59)54-45(44(47)60)18-21-48-22-19-45/h2-8,11-15,17,26-27,35-38,48-49H,9-10,16,18-25,46H2,1H3,(H2,47,60)(H,50,55)(H,51,57)(H,52,56)(H,53,58)(H,54,59)/t35-,36-,37+,38+/m0/s1. The molecule has 16 heteroatoms. The molecule has 0 aliphatic carbocycles. The third-order valence-electron chi connectivity index (χ3n) is 11.2. The van der Waals surface area contributed by atoms with Gasteiger partial charge in [0.2, 0.25) is 35.4 Å². The number of unbranched alkanes of at least 4 members (excludes halogenated alkanes) is 1. The average Bonchev–Trinajstić information content (AvgIpc) is 3.86. The predicted octanol–water partition coefficient (Wildman–Crippen LogP) is 2.22. The first-order valence-corrected chi connectivity index (χ1v) is 21.6. The Morgan fingerprint density at radius 1 is 0.689 bits per heavy atom. The van der Waals surface area contributed by atoms with E-state index in [0.717, 1.165) is 37.7 Å². The van der Waals surface area contributed by atoms with Crippen molar-refractivity contribution in [2.75, 3.05) is 19.6 Å². The first-order chi connectivity index (χ1) is 29.5. The van der Waals surface area contributed by atoms with Crippen LogP contribution in [-0.4, -0.2) is 89.8 Å². The molecule has 322 valence electrons. The zero-order valence-electron chi connectivity index (χ0n) is 34.3. The maximum Gasteiger partial charge on any atom is 0.243 e. The van der Waals surface area contributed by atoms with Crippen LogP contribution in [0.15, 0.2) is 90.4 Å². The van der Waals surface area contributed by atoms with Gasteiger partial charge >= 0.3 is 0 Å². The maximum absolute atomic E-state index is 14.7. The highest BCUT2D eigenvalue weighted by Gasteiger charge is 2.41. The topological polar surface area (TPSA) is 242 Å². The van der Waals surface area contributed by atoms with Crippen molar-refractivity contribution in [1.82, 2.24) is 36.9 Å². The molecule has 0 unspecified atom stereocenters. The van der Waals surface area contributed by atoms with E-state index in [1.807, 2.05) is 84.2 Å². The zero-order valence-corrected chi connectivity index (χ0v) is 35.1. The quantitative estimate of drug-likeness (QED) is 0.0525. The van der Waals surface area contributed by atoms with Gasteiger partial charge in [-0.25, -0.2) is 0 Å². The number of benzene rings is 3. The van der Waals surface area contributed by atoms with Gasteiger partial charge in [0.1, 0.15) is 29.7 Å². The van der Waals surface area contributed by atoms with E-state index in [2.05, 4.69) is 36.9 Å². The van der Waals surface area contributed by atoms with E-state index in [9.17, 15) is 28.8 Å². The Kier molecular flexibility index (Phi) is 15.2. The minimum Gasteiger partial charge on any atom is -0.368 e. The Morgan fingerprint density at radius 3 is 1.93 bits per heavy atom. The number of aromatic amines is 1. The molecule has 3 heterocycles.